The van der Waals surface area contributed by atoms with Gasteiger partial charge in [0, 0.05) is 5.92 Å². The number of methoxy groups -OCH3 is 1. The highest BCUT2D eigenvalue weighted by atomic mass is 35.5. The molecule has 1 N–H and O–H groups in total. The Bertz CT molecular complexity index is 777. The second kappa shape index (κ2) is 8.64. The third kappa shape index (κ3) is 4.31. The van der Waals surface area contributed by atoms with Crippen molar-refractivity contribution in [2.75, 3.05) is 27.7 Å². The molecule has 0 heterocycles. The number of aliphatic hydroxyl groups is 1. The summed E-state index contributed by atoms with van der Waals surface area (Å²) in [5, 5.41) is 12.7. The molecule has 0 aliphatic heterocycles. The lowest BCUT2D eigenvalue weighted by Gasteiger charge is -2.37. The van der Waals surface area contributed by atoms with Crippen molar-refractivity contribution in [3.8, 4) is 5.75 Å². The van der Waals surface area contributed by atoms with Crippen LogP contribution < -0.4 is 4.74 Å². The van der Waals surface area contributed by atoms with Crippen LogP contribution in [0.5, 0.6) is 5.75 Å². The lowest BCUT2D eigenvalue weighted by atomic mass is 9.73. The van der Waals surface area contributed by atoms with Crippen LogP contribution in [-0.4, -0.2) is 37.8 Å². The maximum absolute atomic E-state index is 12.1. The van der Waals surface area contributed by atoms with Crippen molar-refractivity contribution >= 4 is 11.6 Å². The van der Waals surface area contributed by atoms with E-state index >= 15 is 0 Å². The first kappa shape index (κ1) is 20.2. The fourth-order valence-electron chi connectivity index (χ4n) is 4.39. The molecule has 0 spiro atoms. The Morgan fingerprint density at radius 1 is 1.22 bits per heavy atom. The van der Waals surface area contributed by atoms with Crippen LogP contribution in [0.15, 0.2) is 42.5 Å². The molecule has 2 aromatic carbocycles. The van der Waals surface area contributed by atoms with Gasteiger partial charge in [-0.25, -0.2) is 0 Å². The summed E-state index contributed by atoms with van der Waals surface area (Å²) in [6.07, 6.45) is 4.69. The molecular formula is C23H30ClNO2. The summed E-state index contributed by atoms with van der Waals surface area (Å²) in [5.41, 5.74) is 2.57. The molecule has 0 fully saturated rings. The minimum atomic E-state index is -0.887. The Morgan fingerprint density at radius 3 is 2.74 bits per heavy atom. The highest BCUT2D eigenvalue weighted by molar-refractivity contribution is 6.32. The summed E-state index contributed by atoms with van der Waals surface area (Å²) in [6, 6.07) is 14.3. The van der Waals surface area contributed by atoms with Crippen LogP contribution in [0, 0.1) is 0 Å². The van der Waals surface area contributed by atoms with Crippen molar-refractivity contribution in [1.82, 2.24) is 4.90 Å². The molecule has 0 amide bonds. The standard InChI is InChI=1S/C23H30ClNO2/c1-25(2)15-7-14-23(26)19-10-5-4-8-17(19)9-6-11-20(23)18-12-13-21(24)22(16-18)27-3/h4-5,8,10,12-13,16,20,26H,6-7,9,11,14-15H2,1-3H3/t20-,23-/m1/s1. The lowest BCUT2D eigenvalue weighted by molar-refractivity contribution is -0.00608. The van der Waals surface area contributed by atoms with Crippen molar-refractivity contribution in [1.29, 1.82) is 0 Å². The quantitative estimate of drug-likeness (QED) is 0.708. The van der Waals surface area contributed by atoms with Gasteiger partial charge in [-0.3, -0.25) is 0 Å². The molecule has 4 heteroatoms. The Hall–Kier alpha value is -1.55. The molecule has 0 unspecified atom stereocenters. The van der Waals surface area contributed by atoms with Gasteiger partial charge in [0.2, 0.25) is 0 Å². The number of ether oxygens (including phenoxy) is 1. The minimum absolute atomic E-state index is 0.0227. The van der Waals surface area contributed by atoms with Gasteiger partial charge in [-0.2, -0.15) is 0 Å². The predicted molar refractivity (Wildman–Crippen MR) is 112 cm³/mol. The van der Waals surface area contributed by atoms with Crippen LogP contribution in [0.1, 0.15) is 48.3 Å². The second-order valence-electron chi connectivity index (χ2n) is 7.83. The van der Waals surface area contributed by atoms with E-state index < -0.39 is 5.60 Å². The van der Waals surface area contributed by atoms with E-state index in [0.29, 0.717) is 10.8 Å². The van der Waals surface area contributed by atoms with Crippen molar-refractivity contribution in [3.63, 3.8) is 0 Å². The molecule has 3 rings (SSSR count). The molecule has 0 saturated carbocycles. The monoisotopic (exact) mass is 387 g/mol. The van der Waals surface area contributed by atoms with Crippen LogP contribution in [0.4, 0.5) is 0 Å². The average Bonchev–Trinajstić information content (AvgIpc) is 2.79. The predicted octanol–water partition coefficient (Wildman–Crippen LogP) is 5.00. The molecule has 2 aromatic rings. The molecule has 2 atom stereocenters. The summed E-state index contributed by atoms with van der Waals surface area (Å²) in [5.74, 6) is 0.691. The SMILES string of the molecule is COc1cc([C@H]2CCCc3ccccc3[C@]2(O)CCCN(C)C)ccc1Cl. The zero-order valence-corrected chi connectivity index (χ0v) is 17.3. The van der Waals surface area contributed by atoms with E-state index in [1.807, 2.05) is 24.3 Å². The van der Waals surface area contributed by atoms with E-state index in [4.69, 9.17) is 16.3 Å². The third-order valence-electron chi connectivity index (χ3n) is 5.74. The molecule has 1 aliphatic rings. The van der Waals surface area contributed by atoms with Crippen molar-refractivity contribution in [3.05, 3.63) is 64.2 Å². The summed E-state index contributed by atoms with van der Waals surface area (Å²) >= 11 is 6.25. The van der Waals surface area contributed by atoms with E-state index in [-0.39, 0.29) is 5.92 Å². The van der Waals surface area contributed by atoms with Gasteiger partial charge in [0.05, 0.1) is 17.7 Å². The normalized spacial score (nSPS) is 22.4. The maximum atomic E-state index is 12.1. The second-order valence-corrected chi connectivity index (χ2v) is 8.23. The first-order valence-corrected chi connectivity index (χ1v) is 10.1. The van der Waals surface area contributed by atoms with Gasteiger partial charge in [-0.1, -0.05) is 41.9 Å². The Balaban J connectivity index is 2.04. The Morgan fingerprint density at radius 2 is 2.00 bits per heavy atom. The van der Waals surface area contributed by atoms with Crippen molar-refractivity contribution in [2.24, 2.45) is 0 Å². The number of fused-ring (bicyclic) bond motifs is 1. The molecule has 146 valence electrons. The van der Waals surface area contributed by atoms with E-state index in [2.05, 4.69) is 37.2 Å². The number of benzene rings is 2. The maximum Gasteiger partial charge on any atom is 0.137 e. The molecule has 3 nitrogen and oxygen atoms in total. The fraction of sp³-hybridized carbons (Fsp3) is 0.478. The number of rotatable bonds is 6. The fourth-order valence-corrected chi connectivity index (χ4v) is 4.59. The van der Waals surface area contributed by atoms with Crippen molar-refractivity contribution in [2.45, 2.75) is 43.6 Å². The molecule has 0 aromatic heterocycles. The van der Waals surface area contributed by atoms with Crippen molar-refractivity contribution < 1.29 is 9.84 Å². The Labute approximate surface area is 167 Å². The molecule has 0 saturated heterocycles. The summed E-state index contributed by atoms with van der Waals surface area (Å²) < 4.78 is 5.44. The largest absolute Gasteiger partial charge is 0.495 e. The molecule has 27 heavy (non-hydrogen) atoms. The molecule has 0 radical (unpaired) electrons. The number of halogens is 1. The Kier molecular flexibility index (Phi) is 6.46. The summed E-state index contributed by atoms with van der Waals surface area (Å²) in [4.78, 5) is 2.17. The van der Waals surface area contributed by atoms with Gasteiger partial charge >= 0.3 is 0 Å². The van der Waals surface area contributed by atoms with E-state index in [9.17, 15) is 5.11 Å². The number of nitrogens with zero attached hydrogens (tertiary/aromatic N) is 1. The first-order chi connectivity index (χ1) is 13.0. The van der Waals surface area contributed by atoms with Gasteiger partial charge < -0.3 is 14.7 Å². The van der Waals surface area contributed by atoms with Crippen LogP contribution in [-0.2, 0) is 12.0 Å². The van der Waals surface area contributed by atoms with Crippen LogP contribution >= 0.6 is 11.6 Å². The number of aryl methyl sites for hydroxylation is 1. The van der Waals surface area contributed by atoms with Crippen LogP contribution in [0.2, 0.25) is 5.02 Å². The summed E-state index contributed by atoms with van der Waals surface area (Å²) in [7, 11) is 5.79. The van der Waals surface area contributed by atoms with Gasteiger partial charge in [-0.15, -0.1) is 0 Å². The van der Waals surface area contributed by atoms with Crippen LogP contribution in [0.25, 0.3) is 0 Å². The third-order valence-corrected chi connectivity index (χ3v) is 6.05. The van der Waals surface area contributed by atoms with E-state index in [0.717, 1.165) is 49.8 Å². The highest BCUT2D eigenvalue weighted by Crippen LogP contribution is 2.48. The van der Waals surface area contributed by atoms with Gasteiger partial charge in [0.1, 0.15) is 5.75 Å². The first-order valence-electron chi connectivity index (χ1n) is 9.74. The molecule has 0 bridgehead atoms. The number of hydrogen-bond acceptors (Lipinski definition) is 3. The molecular weight excluding hydrogens is 358 g/mol. The smallest absolute Gasteiger partial charge is 0.137 e. The average molecular weight is 388 g/mol. The number of hydrogen-bond donors (Lipinski definition) is 1. The van der Waals surface area contributed by atoms with Gasteiger partial charge in [0.25, 0.3) is 0 Å². The lowest BCUT2D eigenvalue weighted by Crippen LogP contribution is -2.34. The zero-order valence-electron chi connectivity index (χ0n) is 16.5. The minimum Gasteiger partial charge on any atom is -0.495 e. The van der Waals surface area contributed by atoms with E-state index in [1.54, 1.807) is 7.11 Å². The topological polar surface area (TPSA) is 32.7 Å². The van der Waals surface area contributed by atoms with Crippen LogP contribution in [0.3, 0.4) is 0 Å². The highest BCUT2D eigenvalue weighted by Gasteiger charge is 2.41. The van der Waals surface area contributed by atoms with Gasteiger partial charge in [-0.05, 0) is 81.6 Å². The summed E-state index contributed by atoms with van der Waals surface area (Å²) in [6.45, 7) is 0.959. The zero-order chi connectivity index (χ0) is 19.4. The van der Waals surface area contributed by atoms with Gasteiger partial charge in [0.15, 0.2) is 0 Å². The van der Waals surface area contributed by atoms with E-state index in [1.165, 1.54) is 5.56 Å². The molecule has 1 aliphatic carbocycles.